The molecule has 0 atom stereocenters. The van der Waals surface area contributed by atoms with Crippen molar-refractivity contribution in [3.8, 4) is 0 Å². The summed E-state index contributed by atoms with van der Waals surface area (Å²) in [4.78, 5) is 27.2. The van der Waals surface area contributed by atoms with Gasteiger partial charge < -0.3 is 14.5 Å². The van der Waals surface area contributed by atoms with Gasteiger partial charge in [0, 0.05) is 38.8 Å². The molecule has 1 saturated heterocycles. The van der Waals surface area contributed by atoms with Gasteiger partial charge in [-0.2, -0.15) is 0 Å². The quantitative estimate of drug-likeness (QED) is 0.799. The van der Waals surface area contributed by atoms with Gasteiger partial charge >= 0.3 is 6.09 Å². The molecule has 0 unspecified atom stereocenters. The van der Waals surface area contributed by atoms with Crippen molar-refractivity contribution in [2.24, 2.45) is 0 Å². The summed E-state index contributed by atoms with van der Waals surface area (Å²) in [6.45, 7) is 0.971. The third-order valence-electron chi connectivity index (χ3n) is 3.21. The molecule has 0 N–H and O–H groups in total. The Balaban J connectivity index is 1.92. The van der Waals surface area contributed by atoms with Crippen LogP contribution in [0.5, 0.6) is 0 Å². The number of nitrogens with zero attached hydrogens (tertiary/aromatic N) is 2. The van der Waals surface area contributed by atoms with Crippen molar-refractivity contribution < 1.29 is 14.3 Å². The molecule has 1 aromatic rings. The van der Waals surface area contributed by atoms with Crippen LogP contribution in [-0.2, 0) is 16.1 Å². The van der Waals surface area contributed by atoms with Crippen LogP contribution in [0.15, 0.2) is 42.1 Å². The van der Waals surface area contributed by atoms with Gasteiger partial charge in [0.05, 0.1) is 6.54 Å². The van der Waals surface area contributed by atoms with Crippen LogP contribution in [0.2, 0.25) is 0 Å². The number of hydrogen-bond donors (Lipinski definition) is 0. The summed E-state index contributed by atoms with van der Waals surface area (Å²) in [5, 5.41) is 0. The summed E-state index contributed by atoms with van der Waals surface area (Å²) < 4.78 is 5.29. The number of Topliss-reactive ketones (excluding diaryl/α,β-unsaturated/α-hetero) is 1. The van der Waals surface area contributed by atoms with Crippen molar-refractivity contribution in [2.45, 2.75) is 13.0 Å². The number of carbonyl (C=O) groups excluding carboxylic acids is 2. The van der Waals surface area contributed by atoms with Crippen molar-refractivity contribution in [3.63, 3.8) is 0 Å². The Hall–Kier alpha value is -2.30. The molecule has 0 saturated carbocycles. The van der Waals surface area contributed by atoms with Crippen LogP contribution in [-0.4, -0.2) is 48.9 Å². The summed E-state index contributed by atoms with van der Waals surface area (Å²) in [5.41, 5.74) is 1.59. The molecule has 2 rings (SSSR count). The number of ether oxygens (including phenoxy) is 1. The van der Waals surface area contributed by atoms with Gasteiger partial charge in [-0.05, 0) is 5.56 Å². The molecule has 1 aliphatic heterocycles. The number of benzene rings is 1. The average molecular weight is 288 g/mol. The minimum Gasteiger partial charge on any atom is -0.445 e. The third-order valence-corrected chi connectivity index (χ3v) is 3.21. The van der Waals surface area contributed by atoms with Crippen LogP contribution in [0.4, 0.5) is 4.79 Å². The molecule has 5 nitrogen and oxygen atoms in total. The van der Waals surface area contributed by atoms with Gasteiger partial charge in [-0.25, -0.2) is 4.79 Å². The van der Waals surface area contributed by atoms with Crippen LogP contribution in [0.25, 0.3) is 0 Å². The second kappa shape index (κ2) is 6.92. The lowest BCUT2D eigenvalue weighted by Gasteiger charge is -2.27. The minimum absolute atomic E-state index is 0.0933. The SMILES string of the molecule is CN(C)/C=C1\CN(C(=O)OCc2ccccc2)CCC1=O. The lowest BCUT2D eigenvalue weighted by atomic mass is 10.0. The van der Waals surface area contributed by atoms with E-state index in [1.807, 2.05) is 49.3 Å². The first-order chi connectivity index (χ1) is 10.1. The first-order valence-electron chi connectivity index (χ1n) is 6.92. The van der Waals surface area contributed by atoms with E-state index in [1.165, 1.54) is 0 Å². The average Bonchev–Trinajstić information content (AvgIpc) is 2.47. The summed E-state index contributed by atoms with van der Waals surface area (Å²) in [5.74, 6) is 0.0933. The Morgan fingerprint density at radius 2 is 2.05 bits per heavy atom. The van der Waals surface area contributed by atoms with Gasteiger partial charge in [-0.3, -0.25) is 4.79 Å². The molecule has 5 heteroatoms. The monoisotopic (exact) mass is 288 g/mol. The zero-order chi connectivity index (χ0) is 15.2. The van der Waals surface area contributed by atoms with E-state index in [4.69, 9.17) is 4.74 Å². The Kier molecular flexibility index (Phi) is 4.98. The molecule has 0 bridgehead atoms. The highest BCUT2D eigenvalue weighted by atomic mass is 16.6. The van der Waals surface area contributed by atoms with E-state index in [9.17, 15) is 9.59 Å². The van der Waals surface area contributed by atoms with Crippen molar-refractivity contribution >= 4 is 11.9 Å². The van der Waals surface area contributed by atoms with Crippen molar-refractivity contribution in [3.05, 3.63) is 47.7 Å². The first-order valence-corrected chi connectivity index (χ1v) is 6.92. The number of carbonyl (C=O) groups is 2. The lowest BCUT2D eigenvalue weighted by molar-refractivity contribution is -0.117. The fraction of sp³-hybridized carbons (Fsp3) is 0.375. The number of hydrogen-bond acceptors (Lipinski definition) is 4. The predicted molar refractivity (Wildman–Crippen MR) is 79.6 cm³/mol. The van der Waals surface area contributed by atoms with E-state index in [0.29, 0.717) is 25.1 Å². The summed E-state index contributed by atoms with van der Waals surface area (Å²) in [7, 11) is 3.71. The fourth-order valence-corrected chi connectivity index (χ4v) is 2.16. The van der Waals surface area contributed by atoms with Gasteiger partial charge in [0.2, 0.25) is 0 Å². The molecular formula is C16H20N2O3. The molecular weight excluding hydrogens is 268 g/mol. The maximum absolute atomic E-state index is 12.1. The second-order valence-corrected chi connectivity index (χ2v) is 5.25. The minimum atomic E-state index is -0.379. The molecule has 1 aromatic carbocycles. The number of ketones is 1. The Bertz CT molecular complexity index is 538. The third kappa shape index (κ3) is 4.34. The summed E-state index contributed by atoms with van der Waals surface area (Å²) in [6.07, 6.45) is 1.73. The molecule has 112 valence electrons. The first kappa shape index (κ1) is 15.1. The van der Waals surface area contributed by atoms with Gasteiger partial charge in [-0.15, -0.1) is 0 Å². The Morgan fingerprint density at radius 3 is 2.71 bits per heavy atom. The zero-order valence-electron chi connectivity index (χ0n) is 12.4. The van der Waals surface area contributed by atoms with Gasteiger partial charge in [-0.1, -0.05) is 30.3 Å². The fourth-order valence-electron chi connectivity index (χ4n) is 2.16. The largest absolute Gasteiger partial charge is 0.445 e. The molecule has 0 radical (unpaired) electrons. The van der Waals surface area contributed by atoms with Gasteiger partial charge in [0.1, 0.15) is 6.61 Å². The number of rotatable bonds is 3. The maximum atomic E-state index is 12.1. The molecule has 1 aliphatic rings. The van der Waals surface area contributed by atoms with Crippen molar-refractivity contribution in [2.75, 3.05) is 27.2 Å². The van der Waals surface area contributed by atoms with Crippen LogP contribution >= 0.6 is 0 Å². The topological polar surface area (TPSA) is 49.9 Å². The number of amides is 1. The molecule has 0 aromatic heterocycles. The number of likely N-dealkylation sites (tertiary alicyclic amines) is 1. The van der Waals surface area contributed by atoms with Crippen LogP contribution in [0.3, 0.4) is 0 Å². The van der Waals surface area contributed by atoms with Gasteiger partial charge in [0.15, 0.2) is 5.78 Å². The van der Waals surface area contributed by atoms with Crippen LogP contribution < -0.4 is 0 Å². The molecule has 0 spiro atoms. The normalized spacial score (nSPS) is 17.0. The highest BCUT2D eigenvalue weighted by Crippen LogP contribution is 2.14. The zero-order valence-corrected chi connectivity index (χ0v) is 12.4. The van der Waals surface area contributed by atoms with Crippen LogP contribution in [0.1, 0.15) is 12.0 Å². The Morgan fingerprint density at radius 1 is 1.33 bits per heavy atom. The lowest BCUT2D eigenvalue weighted by Crippen LogP contribution is -2.40. The molecule has 21 heavy (non-hydrogen) atoms. The van der Waals surface area contributed by atoms with Crippen molar-refractivity contribution in [1.29, 1.82) is 0 Å². The highest BCUT2D eigenvalue weighted by Gasteiger charge is 2.26. The standard InChI is InChI=1S/C16H20N2O3/c1-17(2)10-14-11-18(9-8-15(14)19)16(20)21-12-13-6-4-3-5-7-13/h3-7,10H,8-9,11-12H2,1-2H3/b14-10+. The van der Waals surface area contributed by atoms with E-state index in [1.54, 1.807) is 11.1 Å². The van der Waals surface area contributed by atoms with E-state index in [0.717, 1.165) is 5.56 Å². The molecule has 1 fully saturated rings. The second-order valence-electron chi connectivity index (χ2n) is 5.25. The molecule has 1 heterocycles. The van der Waals surface area contributed by atoms with E-state index >= 15 is 0 Å². The summed E-state index contributed by atoms with van der Waals surface area (Å²) >= 11 is 0. The summed E-state index contributed by atoms with van der Waals surface area (Å²) in [6, 6.07) is 9.54. The van der Waals surface area contributed by atoms with E-state index in [2.05, 4.69) is 0 Å². The van der Waals surface area contributed by atoms with E-state index < -0.39 is 0 Å². The number of piperidine rings is 1. The predicted octanol–water partition coefficient (Wildman–Crippen LogP) is 2.04. The highest BCUT2D eigenvalue weighted by molar-refractivity contribution is 5.97. The smallest absolute Gasteiger partial charge is 0.410 e. The van der Waals surface area contributed by atoms with E-state index in [-0.39, 0.29) is 18.5 Å². The van der Waals surface area contributed by atoms with Crippen molar-refractivity contribution in [1.82, 2.24) is 9.80 Å². The molecule has 1 amide bonds. The maximum Gasteiger partial charge on any atom is 0.410 e. The Labute approximate surface area is 124 Å². The van der Waals surface area contributed by atoms with Crippen LogP contribution in [0, 0.1) is 0 Å². The van der Waals surface area contributed by atoms with Gasteiger partial charge in [0.25, 0.3) is 0 Å². The molecule has 0 aliphatic carbocycles.